The Morgan fingerprint density at radius 3 is 0.700 bits per heavy atom. The molecule has 0 amide bonds. The molecule has 3 N–H and O–H groups in total. The minimum Gasteiger partial charge on any atom is -0.379 e. The summed E-state index contributed by atoms with van der Waals surface area (Å²) < 4.78 is 0. The zero-order valence-electron chi connectivity index (χ0n) is 4.62. The van der Waals surface area contributed by atoms with Crippen LogP contribution < -0.4 is 0 Å². The minimum absolute atomic E-state index is 0. The van der Waals surface area contributed by atoms with Gasteiger partial charge in [0.1, 0.15) is 0 Å². The summed E-state index contributed by atoms with van der Waals surface area (Å²) in [6.45, 7) is 0. The number of rotatable bonds is 0. The smallest absolute Gasteiger partial charge is 0.152 e. The second-order valence-electron chi connectivity index (χ2n) is 0.245. The molecule has 0 heterocycles. The Balaban J connectivity index is -0.0000000257. The summed E-state index contributed by atoms with van der Waals surface area (Å²) in [7, 11) is 0. The number of hydrogen-bond donors (Lipinski definition) is 3. The minimum atomic E-state index is 0. The Kier molecular flexibility index (Phi) is 296. The van der Waals surface area contributed by atoms with Crippen molar-refractivity contribution in [2.75, 3.05) is 0 Å². The molecule has 0 aromatic rings. The van der Waals surface area contributed by atoms with Gasteiger partial charge in [0.05, 0.1) is 0 Å². The van der Waals surface area contributed by atoms with Crippen LogP contribution in [0.4, 0.5) is 0 Å². The van der Waals surface area contributed by atoms with Crippen molar-refractivity contribution in [3.8, 4) is 0 Å². The van der Waals surface area contributed by atoms with Crippen LogP contribution in [0.5, 0.6) is 0 Å². The van der Waals surface area contributed by atoms with Crippen LogP contribution in [0, 0.1) is 14.7 Å². The Labute approximate surface area is 57.5 Å². The average Bonchev–Trinajstić information content (AvgIpc) is 1.70. The van der Waals surface area contributed by atoms with Gasteiger partial charge in [-0.2, -0.15) is 9.90 Å². The highest BCUT2D eigenvalue weighted by atomic mass is 31.0. The van der Waals surface area contributed by atoms with Crippen LogP contribution in [0.25, 0.3) is 0 Å². The summed E-state index contributed by atoms with van der Waals surface area (Å²) in [6.07, 6.45) is 0. The lowest BCUT2D eigenvalue weighted by molar-refractivity contribution is 0.312. The second kappa shape index (κ2) is 126. The van der Waals surface area contributed by atoms with Crippen molar-refractivity contribution in [3.63, 3.8) is 0 Å². The zero-order chi connectivity index (χ0) is 8.12. The molecule has 62 valence electrons. The summed E-state index contributed by atoms with van der Waals surface area (Å²) in [5.74, 6) is 0. The molecule has 0 bridgehead atoms. The molecule has 1 atom stereocenters. The molecule has 0 fully saturated rings. The van der Waals surface area contributed by atoms with Gasteiger partial charge in [-0.1, -0.05) is 0 Å². The summed E-state index contributed by atoms with van der Waals surface area (Å²) in [4.78, 5) is 24.3. The van der Waals surface area contributed by atoms with Crippen LogP contribution >= 0.6 is 9.90 Å². The van der Waals surface area contributed by atoms with Gasteiger partial charge in [-0.05, 0) is 0 Å². The molecule has 0 aromatic carbocycles. The van der Waals surface area contributed by atoms with E-state index >= 15 is 0 Å². The molecule has 9 nitrogen and oxygen atoms in total. The molecule has 0 rings (SSSR count). The van der Waals surface area contributed by atoms with Gasteiger partial charge in [0.2, 0.25) is 0 Å². The lowest BCUT2D eigenvalue weighted by Gasteiger charge is -1.32. The normalized spacial score (nSPS) is 3.60. The van der Waals surface area contributed by atoms with Gasteiger partial charge in [0.15, 0.2) is 16.0 Å². The first kappa shape index (κ1) is 23.4. The molecule has 0 aliphatic carbocycles. The molecular weight excluding hydrogens is 169 g/mol. The molecule has 0 saturated carbocycles. The van der Waals surface area contributed by atoms with E-state index in [2.05, 4.69) is 0 Å². The first-order chi connectivity index (χ1) is 4.24. The van der Waals surface area contributed by atoms with Crippen molar-refractivity contribution in [2.24, 2.45) is 16.0 Å². The van der Waals surface area contributed by atoms with Crippen molar-refractivity contribution < 1.29 is 15.6 Å². The topological polar surface area (TPSA) is 149 Å². The standard InChI is InChI=1S/3HNO2.H3P/c3*2-1-3;/h3*(H,2,3);1H3. The van der Waals surface area contributed by atoms with Gasteiger partial charge in [-0.25, -0.2) is 0 Å². The molecule has 10 heavy (non-hydrogen) atoms. The third-order valence-corrected chi connectivity index (χ3v) is 0. The largest absolute Gasteiger partial charge is 0.379 e. The van der Waals surface area contributed by atoms with Crippen molar-refractivity contribution >= 4 is 9.90 Å². The average molecular weight is 175 g/mol. The molecule has 0 aliphatic heterocycles. The fourth-order valence-corrected chi connectivity index (χ4v) is 0. The van der Waals surface area contributed by atoms with E-state index in [1.54, 1.807) is 0 Å². The highest BCUT2D eigenvalue weighted by Crippen LogP contribution is 1.25. The Hall–Kier alpha value is -1.37. The van der Waals surface area contributed by atoms with E-state index in [0.29, 0.717) is 0 Å². The van der Waals surface area contributed by atoms with E-state index in [0.717, 1.165) is 0 Å². The van der Waals surface area contributed by atoms with Crippen LogP contribution in [-0.4, -0.2) is 15.6 Å². The van der Waals surface area contributed by atoms with Crippen LogP contribution in [0.15, 0.2) is 16.0 Å². The van der Waals surface area contributed by atoms with E-state index in [-0.39, 0.29) is 9.90 Å². The van der Waals surface area contributed by atoms with E-state index in [4.69, 9.17) is 30.3 Å². The van der Waals surface area contributed by atoms with Crippen LogP contribution in [0.3, 0.4) is 0 Å². The van der Waals surface area contributed by atoms with Crippen LogP contribution in [0.1, 0.15) is 0 Å². The van der Waals surface area contributed by atoms with Gasteiger partial charge in [-0.15, -0.1) is 14.7 Å². The maximum Gasteiger partial charge on any atom is 0.152 e. The Morgan fingerprint density at radius 1 is 0.700 bits per heavy atom. The lowest BCUT2D eigenvalue weighted by Crippen LogP contribution is -1.25. The zero-order valence-corrected chi connectivity index (χ0v) is 6.03. The first-order valence-electron chi connectivity index (χ1n) is 1.15. The van der Waals surface area contributed by atoms with Crippen molar-refractivity contribution in [2.45, 2.75) is 0 Å². The van der Waals surface area contributed by atoms with E-state index in [9.17, 15) is 0 Å². The SMILES string of the molecule is O=NO.O=NO.O=NO.P. The van der Waals surface area contributed by atoms with Crippen molar-refractivity contribution in [3.05, 3.63) is 14.7 Å². The summed E-state index contributed by atoms with van der Waals surface area (Å²) in [5.41, 5.74) is 0. The number of nitrogens with zero attached hydrogens (tertiary/aromatic N) is 3. The molecule has 0 radical (unpaired) electrons. The third kappa shape index (κ3) is 112. The van der Waals surface area contributed by atoms with Gasteiger partial charge in [-0.3, -0.25) is 0 Å². The van der Waals surface area contributed by atoms with E-state index in [1.807, 2.05) is 0 Å². The van der Waals surface area contributed by atoms with E-state index in [1.165, 1.54) is 16.0 Å². The maximum atomic E-state index is 8.11. The predicted molar refractivity (Wildman–Crippen MR) is 33.8 cm³/mol. The fraction of sp³-hybridized carbons (Fsp3) is 0. The fourth-order valence-electron chi connectivity index (χ4n) is 0. The van der Waals surface area contributed by atoms with Gasteiger partial charge < -0.3 is 15.6 Å². The van der Waals surface area contributed by atoms with Gasteiger partial charge in [0.25, 0.3) is 0 Å². The molecule has 0 aromatic heterocycles. The van der Waals surface area contributed by atoms with Crippen LogP contribution in [-0.2, 0) is 0 Å². The highest BCUT2D eigenvalue weighted by molar-refractivity contribution is 6.92. The summed E-state index contributed by atoms with van der Waals surface area (Å²) in [5, 5.41) is 23.7. The first-order valence-corrected chi connectivity index (χ1v) is 1.15. The van der Waals surface area contributed by atoms with Crippen LogP contribution in [0.2, 0.25) is 0 Å². The third-order valence-electron chi connectivity index (χ3n) is 0. The monoisotopic (exact) mass is 175 g/mol. The lowest BCUT2D eigenvalue weighted by atomic mass is 13.4. The summed E-state index contributed by atoms with van der Waals surface area (Å²) in [6, 6.07) is 0. The Bertz CT molecular complexity index is 49.7. The maximum absolute atomic E-state index is 8.11. The molecule has 0 spiro atoms. The Morgan fingerprint density at radius 2 is 0.700 bits per heavy atom. The summed E-state index contributed by atoms with van der Waals surface area (Å²) >= 11 is 0. The second-order valence-corrected chi connectivity index (χ2v) is 0.245. The molecule has 1 unspecified atom stereocenters. The quantitative estimate of drug-likeness (QED) is 0.277. The van der Waals surface area contributed by atoms with Crippen molar-refractivity contribution in [1.82, 2.24) is 0 Å². The number of hydrogen-bond acceptors (Lipinski definition) is 6. The highest BCUT2D eigenvalue weighted by Gasteiger charge is 1.19. The molecule has 0 saturated heterocycles. The van der Waals surface area contributed by atoms with E-state index < -0.39 is 0 Å². The predicted octanol–water partition coefficient (Wildman–Crippen LogP) is 0.484. The van der Waals surface area contributed by atoms with Crippen molar-refractivity contribution in [1.29, 1.82) is 0 Å². The molecular formula is H6N3O6P. The van der Waals surface area contributed by atoms with Gasteiger partial charge >= 0.3 is 0 Å². The molecule has 10 heteroatoms. The molecule has 0 aliphatic rings. The van der Waals surface area contributed by atoms with Gasteiger partial charge in [0, 0.05) is 0 Å².